The number of carbonyl (C=O) groups is 1. The molecule has 1 aliphatic carbocycles. The minimum Gasteiger partial charge on any atom is -0.481 e. The van der Waals surface area contributed by atoms with Gasteiger partial charge in [0.05, 0.1) is 12.6 Å². The largest absolute Gasteiger partial charge is 0.481 e. The van der Waals surface area contributed by atoms with Crippen LogP contribution < -0.4 is 0 Å². The zero-order valence-electron chi connectivity index (χ0n) is 8.94. The van der Waals surface area contributed by atoms with Crippen molar-refractivity contribution in [2.24, 2.45) is 0 Å². The molecular weight excluding hydrogens is 192 g/mol. The average Bonchev–Trinajstić information content (AvgIpc) is 2.61. The highest BCUT2D eigenvalue weighted by Gasteiger charge is 2.26. The maximum absolute atomic E-state index is 10.8. The summed E-state index contributed by atoms with van der Waals surface area (Å²) in [5.74, 6) is -0.551. The Morgan fingerprint density at radius 3 is 3.20 bits per heavy atom. The van der Waals surface area contributed by atoms with Gasteiger partial charge in [0.15, 0.2) is 0 Å². The second-order valence-corrected chi connectivity index (χ2v) is 4.06. The Bertz CT molecular complexity index is 357. The smallest absolute Gasteiger partial charge is 0.304 e. The van der Waals surface area contributed by atoms with Crippen molar-refractivity contribution in [1.82, 2.24) is 9.78 Å². The fraction of sp³-hybridized carbons (Fsp3) is 0.636. The van der Waals surface area contributed by atoms with E-state index in [0.29, 0.717) is 0 Å². The van der Waals surface area contributed by atoms with Crippen molar-refractivity contribution in [3.05, 3.63) is 17.5 Å². The number of hydrogen-bond donors (Lipinski definition) is 1. The van der Waals surface area contributed by atoms with Gasteiger partial charge in [-0.1, -0.05) is 0 Å². The van der Waals surface area contributed by atoms with Gasteiger partial charge >= 0.3 is 5.97 Å². The number of nitrogens with zero attached hydrogens (tertiary/aromatic N) is 2. The topological polar surface area (TPSA) is 55.1 Å². The third-order valence-electron chi connectivity index (χ3n) is 3.07. The fourth-order valence-corrected chi connectivity index (χ4v) is 2.44. The van der Waals surface area contributed by atoms with Crippen LogP contribution in [0.2, 0.25) is 0 Å². The van der Waals surface area contributed by atoms with E-state index in [9.17, 15) is 4.79 Å². The number of fused-ring (bicyclic) bond motifs is 1. The lowest BCUT2D eigenvalue weighted by Crippen LogP contribution is -2.17. The van der Waals surface area contributed by atoms with Gasteiger partial charge in [-0.05, 0) is 31.7 Å². The highest BCUT2D eigenvalue weighted by Crippen LogP contribution is 2.33. The van der Waals surface area contributed by atoms with Crippen LogP contribution in [0, 0.1) is 0 Å². The molecule has 82 valence electrons. The molecule has 1 aromatic heterocycles. The summed E-state index contributed by atoms with van der Waals surface area (Å²) in [4.78, 5) is 10.8. The number of aliphatic carboxylic acids is 1. The molecule has 1 atom stereocenters. The molecule has 0 saturated heterocycles. The van der Waals surface area contributed by atoms with Gasteiger partial charge in [0.25, 0.3) is 0 Å². The van der Waals surface area contributed by atoms with Crippen LogP contribution in [0.5, 0.6) is 0 Å². The number of aromatic nitrogens is 2. The zero-order chi connectivity index (χ0) is 10.8. The van der Waals surface area contributed by atoms with Gasteiger partial charge in [-0.25, -0.2) is 0 Å². The Balaban J connectivity index is 2.30. The molecule has 0 radical (unpaired) electrons. The van der Waals surface area contributed by atoms with Gasteiger partial charge in [0.1, 0.15) is 0 Å². The Morgan fingerprint density at radius 2 is 2.53 bits per heavy atom. The molecule has 4 heteroatoms. The van der Waals surface area contributed by atoms with Gasteiger partial charge < -0.3 is 5.11 Å². The molecule has 0 fully saturated rings. The van der Waals surface area contributed by atoms with Gasteiger partial charge in [-0.15, -0.1) is 0 Å². The van der Waals surface area contributed by atoms with E-state index in [1.165, 1.54) is 5.56 Å². The second kappa shape index (κ2) is 4.04. The summed E-state index contributed by atoms with van der Waals surface area (Å²) in [7, 11) is 0. The molecule has 1 aromatic rings. The highest BCUT2D eigenvalue weighted by atomic mass is 16.4. The standard InChI is InChI=1S/C11H16N2O2/c1-2-13-11-8(6-10(14)15)4-3-5-9(11)7-12-13/h7-8H,2-6H2,1H3,(H,14,15). The Kier molecular flexibility index (Phi) is 2.75. The van der Waals surface area contributed by atoms with Gasteiger partial charge in [-0.3, -0.25) is 9.48 Å². The normalized spacial score (nSPS) is 19.9. The van der Waals surface area contributed by atoms with Crippen molar-refractivity contribution in [2.45, 2.75) is 45.1 Å². The van der Waals surface area contributed by atoms with Gasteiger partial charge in [-0.2, -0.15) is 5.10 Å². The SMILES string of the molecule is CCn1ncc2c1C(CC(=O)O)CCC2. The number of carboxylic acids is 1. The van der Waals surface area contributed by atoms with Crippen molar-refractivity contribution in [3.63, 3.8) is 0 Å². The van der Waals surface area contributed by atoms with Crippen molar-refractivity contribution in [1.29, 1.82) is 0 Å². The molecule has 0 spiro atoms. The minimum absolute atomic E-state index is 0.161. The third-order valence-corrected chi connectivity index (χ3v) is 3.07. The predicted octanol–water partition coefficient (Wildman–Crippen LogP) is 1.80. The maximum Gasteiger partial charge on any atom is 0.304 e. The molecule has 1 heterocycles. The summed E-state index contributed by atoms with van der Waals surface area (Å²) in [5.41, 5.74) is 2.40. The summed E-state index contributed by atoms with van der Waals surface area (Å²) < 4.78 is 1.95. The van der Waals surface area contributed by atoms with E-state index in [2.05, 4.69) is 5.10 Å². The van der Waals surface area contributed by atoms with E-state index >= 15 is 0 Å². The summed E-state index contributed by atoms with van der Waals surface area (Å²) in [6, 6.07) is 0. The summed E-state index contributed by atoms with van der Waals surface area (Å²) >= 11 is 0. The van der Waals surface area contributed by atoms with E-state index in [0.717, 1.165) is 31.5 Å². The van der Waals surface area contributed by atoms with Crippen molar-refractivity contribution in [3.8, 4) is 0 Å². The lowest BCUT2D eigenvalue weighted by molar-refractivity contribution is -0.137. The molecule has 15 heavy (non-hydrogen) atoms. The maximum atomic E-state index is 10.8. The van der Waals surface area contributed by atoms with Crippen molar-refractivity contribution < 1.29 is 9.90 Å². The number of aryl methyl sites for hydroxylation is 2. The van der Waals surface area contributed by atoms with E-state index in [4.69, 9.17) is 5.11 Å². The summed E-state index contributed by atoms with van der Waals surface area (Å²) in [6.07, 6.45) is 5.24. The molecule has 1 N–H and O–H groups in total. The molecule has 1 unspecified atom stereocenters. The average molecular weight is 208 g/mol. The quantitative estimate of drug-likeness (QED) is 0.824. The predicted molar refractivity (Wildman–Crippen MR) is 55.8 cm³/mol. The molecule has 0 aromatic carbocycles. The van der Waals surface area contributed by atoms with Crippen LogP contribution in [0.25, 0.3) is 0 Å². The summed E-state index contributed by atoms with van der Waals surface area (Å²) in [6.45, 7) is 2.87. The van der Waals surface area contributed by atoms with Crippen molar-refractivity contribution >= 4 is 5.97 Å². The van der Waals surface area contributed by atoms with Crippen LogP contribution in [-0.4, -0.2) is 20.9 Å². The monoisotopic (exact) mass is 208 g/mol. The number of rotatable bonds is 3. The molecule has 1 aliphatic rings. The first-order valence-electron chi connectivity index (χ1n) is 5.48. The molecule has 0 saturated carbocycles. The van der Waals surface area contributed by atoms with E-state index < -0.39 is 5.97 Å². The number of carboxylic acid groups (broad SMARTS) is 1. The van der Waals surface area contributed by atoms with E-state index in [1.807, 2.05) is 17.8 Å². The first-order valence-corrected chi connectivity index (χ1v) is 5.48. The first-order chi connectivity index (χ1) is 7.22. The van der Waals surface area contributed by atoms with Gasteiger partial charge in [0, 0.05) is 18.2 Å². The Morgan fingerprint density at radius 1 is 1.73 bits per heavy atom. The van der Waals surface area contributed by atoms with Gasteiger partial charge in [0.2, 0.25) is 0 Å². The third kappa shape index (κ3) is 1.89. The summed E-state index contributed by atoms with van der Waals surface area (Å²) in [5, 5.41) is 13.2. The molecular formula is C11H16N2O2. The molecule has 2 rings (SSSR count). The van der Waals surface area contributed by atoms with Crippen LogP contribution in [0.15, 0.2) is 6.20 Å². The Hall–Kier alpha value is -1.32. The highest BCUT2D eigenvalue weighted by molar-refractivity contribution is 5.68. The molecule has 0 aliphatic heterocycles. The lowest BCUT2D eigenvalue weighted by Gasteiger charge is -2.22. The van der Waals surface area contributed by atoms with Crippen LogP contribution in [0.3, 0.4) is 0 Å². The van der Waals surface area contributed by atoms with Crippen LogP contribution in [0.4, 0.5) is 0 Å². The van der Waals surface area contributed by atoms with Crippen LogP contribution in [0.1, 0.15) is 43.4 Å². The van der Waals surface area contributed by atoms with E-state index in [-0.39, 0.29) is 12.3 Å². The minimum atomic E-state index is -0.711. The first kappa shape index (κ1) is 10.2. The van der Waals surface area contributed by atoms with Crippen LogP contribution >= 0.6 is 0 Å². The van der Waals surface area contributed by atoms with Crippen LogP contribution in [-0.2, 0) is 17.8 Å². The van der Waals surface area contributed by atoms with E-state index in [1.54, 1.807) is 0 Å². The Labute approximate surface area is 88.9 Å². The molecule has 0 bridgehead atoms. The second-order valence-electron chi connectivity index (χ2n) is 4.06. The number of hydrogen-bond acceptors (Lipinski definition) is 2. The fourth-order valence-electron chi connectivity index (χ4n) is 2.44. The lowest BCUT2D eigenvalue weighted by atomic mass is 9.86. The van der Waals surface area contributed by atoms with Crippen molar-refractivity contribution in [2.75, 3.05) is 0 Å². The molecule has 4 nitrogen and oxygen atoms in total. The molecule has 0 amide bonds. The zero-order valence-corrected chi connectivity index (χ0v) is 8.94.